The van der Waals surface area contributed by atoms with Gasteiger partial charge in [-0.3, -0.25) is 4.79 Å². The fraction of sp³-hybridized carbons (Fsp3) is 0.903. The van der Waals surface area contributed by atoms with E-state index in [-0.39, 0.29) is 40.7 Å². The summed E-state index contributed by atoms with van der Waals surface area (Å²) in [5.41, 5.74) is 0.123. The fourth-order valence-corrected chi connectivity index (χ4v) is 10.1. The average Bonchev–Trinajstić information content (AvgIpc) is 3.13. The molecule has 5 heteroatoms. The van der Waals surface area contributed by atoms with E-state index >= 15 is 0 Å². The van der Waals surface area contributed by atoms with Gasteiger partial charge >= 0.3 is 5.97 Å². The van der Waals surface area contributed by atoms with Gasteiger partial charge in [0.25, 0.3) is 0 Å². The first-order valence-corrected chi connectivity index (χ1v) is 14.7. The first kappa shape index (κ1) is 28.1. The summed E-state index contributed by atoms with van der Waals surface area (Å²) in [5, 5.41) is 34.8. The number of aliphatic hydroxyl groups is 3. The van der Waals surface area contributed by atoms with Crippen LogP contribution in [0.4, 0.5) is 0 Å². The molecule has 11 atom stereocenters. The highest BCUT2D eigenvalue weighted by molar-refractivity contribution is 5.66. The van der Waals surface area contributed by atoms with Crippen LogP contribution >= 0.6 is 0 Å². The van der Waals surface area contributed by atoms with E-state index in [9.17, 15) is 20.1 Å². The summed E-state index contributed by atoms with van der Waals surface area (Å²) in [7, 11) is 0. The fourth-order valence-electron chi connectivity index (χ4n) is 10.1. The van der Waals surface area contributed by atoms with Gasteiger partial charge in [0, 0.05) is 12.8 Å². The zero-order valence-electron chi connectivity index (χ0n) is 23.8. The molecule has 0 amide bonds. The lowest BCUT2D eigenvalue weighted by Crippen LogP contribution is -2.69. The summed E-state index contributed by atoms with van der Waals surface area (Å²) < 4.78 is 5.29. The van der Waals surface area contributed by atoms with Crippen molar-refractivity contribution in [2.24, 2.45) is 52.3 Å². The molecule has 0 aromatic carbocycles. The Morgan fingerprint density at radius 2 is 1.72 bits per heavy atom. The third-order valence-electron chi connectivity index (χ3n) is 11.8. The maximum absolute atomic E-state index is 12.5. The molecule has 4 saturated carbocycles. The minimum atomic E-state index is -0.831. The Labute approximate surface area is 219 Å². The number of allylic oxidation sites excluding steroid dienone is 1. The van der Waals surface area contributed by atoms with E-state index in [1.165, 1.54) is 12.5 Å². The summed E-state index contributed by atoms with van der Waals surface area (Å²) >= 11 is 0. The third kappa shape index (κ3) is 4.49. The molecule has 36 heavy (non-hydrogen) atoms. The molecule has 0 bridgehead atoms. The van der Waals surface area contributed by atoms with Gasteiger partial charge in [-0.1, -0.05) is 47.6 Å². The molecule has 3 N–H and O–H groups in total. The van der Waals surface area contributed by atoms with Crippen LogP contribution in [0, 0.1) is 52.3 Å². The summed E-state index contributed by atoms with van der Waals surface area (Å²) in [6, 6.07) is 0. The number of ether oxygens (including phenoxy) is 1. The Kier molecular flexibility index (Phi) is 7.81. The van der Waals surface area contributed by atoms with Crippen LogP contribution < -0.4 is 0 Å². The zero-order valence-corrected chi connectivity index (χ0v) is 23.8. The van der Waals surface area contributed by atoms with Crippen molar-refractivity contribution in [2.45, 2.75) is 118 Å². The first-order valence-electron chi connectivity index (χ1n) is 14.7. The van der Waals surface area contributed by atoms with E-state index in [4.69, 9.17) is 4.74 Å². The molecule has 0 heterocycles. The lowest BCUT2D eigenvalue weighted by molar-refractivity contribution is -0.267. The Balaban J connectivity index is 1.56. The van der Waals surface area contributed by atoms with Gasteiger partial charge in [0.2, 0.25) is 0 Å². The van der Waals surface area contributed by atoms with Crippen LogP contribution in [0.3, 0.4) is 0 Å². The molecule has 4 aliphatic carbocycles. The highest BCUT2D eigenvalue weighted by Crippen LogP contribution is 2.70. The van der Waals surface area contributed by atoms with Crippen LogP contribution in [-0.2, 0) is 9.53 Å². The minimum Gasteiger partial charge on any atom is -0.461 e. The SMILES string of the molecule is CC(=O)OCC(=CCC(C)C1CCC2C1(C)CC(O)C1C3(C)CCC(O)C(C)C3CCC21O)C(C)C. The Bertz CT molecular complexity index is 852. The van der Waals surface area contributed by atoms with Crippen molar-refractivity contribution in [3.8, 4) is 0 Å². The van der Waals surface area contributed by atoms with E-state index in [0.717, 1.165) is 51.4 Å². The molecule has 0 saturated heterocycles. The molecule has 206 valence electrons. The second kappa shape index (κ2) is 10.0. The number of esters is 1. The zero-order chi connectivity index (χ0) is 26.6. The maximum atomic E-state index is 12.5. The van der Waals surface area contributed by atoms with E-state index < -0.39 is 11.7 Å². The van der Waals surface area contributed by atoms with E-state index in [1.807, 2.05) is 0 Å². The van der Waals surface area contributed by atoms with E-state index in [2.05, 4.69) is 47.6 Å². The van der Waals surface area contributed by atoms with Crippen LogP contribution in [0.15, 0.2) is 11.6 Å². The van der Waals surface area contributed by atoms with Gasteiger partial charge in [0.15, 0.2) is 0 Å². The smallest absolute Gasteiger partial charge is 0.302 e. The number of hydrogen-bond acceptors (Lipinski definition) is 5. The van der Waals surface area contributed by atoms with Gasteiger partial charge in [0.05, 0.1) is 17.8 Å². The molecule has 4 fully saturated rings. The predicted molar refractivity (Wildman–Crippen MR) is 142 cm³/mol. The molecule has 0 aliphatic heterocycles. The molecular formula is C31H52O5. The van der Waals surface area contributed by atoms with E-state index in [0.29, 0.717) is 30.3 Å². The van der Waals surface area contributed by atoms with Crippen molar-refractivity contribution >= 4 is 5.97 Å². The Morgan fingerprint density at radius 1 is 1.03 bits per heavy atom. The number of hydrogen-bond donors (Lipinski definition) is 3. The van der Waals surface area contributed by atoms with Crippen molar-refractivity contribution in [1.82, 2.24) is 0 Å². The summed E-state index contributed by atoms with van der Waals surface area (Å²) in [4.78, 5) is 11.3. The van der Waals surface area contributed by atoms with Gasteiger partial charge in [-0.15, -0.1) is 0 Å². The molecule has 11 unspecified atom stereocenters. The number of carbonyl (C=O) groups is 1. The molecule has 5 nitrogen and oxygen atoms in total. The third-order valence-corrected chi connectivity index (χ3v) is 11.8. The van der Waals surface area contributed by atoms with Crippen LogP contribution in [0.5, 0.6) is 0 Å². The van der Waals surface area contributed by atoms with Crippen molar-refractivity contribution in [1.29, 1.82) is 0 Å². The van der Waals surface area contributed by atoms with E-state index in [1.54, 1.807) is 0 Å². The van der Waals surface area contributed by atoms with Gasteiger partial charge in [0.1, 0.15) is 6.61 Å². The van der Waals surface area contributed by atoms with Crippen molar-refractivity contribution in [3.05, 3.63) is 11.6 Å². The van der Waals surface area contributed by atoms with Crippen molar-refractivity contribution < 1.29 is 24.9 Å². The largest absolute Gasteiger partial charge is 0.461 e. The molecule has 4 rings (SSSR count). The molecule has 0 radical (unpaired) electrons. The van der Waals surface area contributed by atoms with Gasteiger partial charge < -0.3 is 20.1 Å². The summed E-state index contributed by atoms with van der Waals surface area (Å²) in [6.07, 6.45) is 8.65. The minimum absolute atomic E-state index is 0.0885. The standard InChI is InChI=1S/C31H52O5/c1-18(2)22(17-36-21(5)32)9-8-19(3)23-10-11-27-30(23,7)16-26(34)28-29(6)14-13-25(33)20(4)24(29)12-15-31(27,28)35/h9,18-20,23-28,33-35H,8,10-17H2,1-7H3. The monoisotopic (exact) mass is 504 g/mol. The first-order chi connectivity index (χ1) is 16.8. The highest BCUT2D eigenvalue weighted by Gasteiger charge is 2.70. The topological polar surface area (TPSA) is 87.0 Å². The quantitative estimate of drug-likeness (QED) is 0.328. The number of rotatable bonds is 6. The molecular weight excluding hydrogens is 452 g/mol. The van der Waals surface area contributed by atoms with Gasteiger partial charge in [-0.05, 0) is 103 Å². The van der Waals surface area contributed by atoms with Gasteiger partial charge in [-0.25, -0.2) is 0 Å². The molecule has 0 spiro atoms. The second-order valence-electron chi connectivity index (χ2n) is 14.0. The molecule has 4 aliphatic rings. The van der Waals surface area contributed by atoms with Crippen molar-refractivity contribution in [2.75, 3.05) is 6.61 Å². The lowest BCUT2D eigenvalue weighted by Gasteiger charge is -2.67. The molecule has 0 aromatic rings. The molecule has 0 aromatic heterocycles. The van der Waals surface area contributed by atoms with Crippen molar-refractivity contribution in [3.63, 3.8) is 0 Å². The number of fused-ring (bicyclic) bond motifs is 5. The summed E-state index contributed by atoms with van der Waals surface area (Å²) in [5.74, 6) is 1.63. The van der Waals surface area contributed by atoms with Crippen LogP contribution in [-0.4, -0.2) is 45.7 Å². The van der Waals surface area contributed by atoms with Crippen LogP contribution in [0.2, 0.25) is 0 Å². The highest BCUT2D eigenvalue weighted by atomic mass is 16.5. The average molecular weight is 505 g/mol. The summed E-state index contributed by atoms with van der Waals surface area (Å²) in [6.45, 7) is 15.2. The lowest BCUT2D eigenvalue weighted by atomic mass is 9.40. The number of carbonyl (C=O) groups excluding carboxylic acids is 1. The van der Waals surface area contributed by atoms with Gasteiger partial charge in [-0.2, -0.15) is 0 Å². The second-order valence-corrected chi connectivity index (χ2v) is 14.0. The van der Waals surface area contributed by atoms with Crippen LogP contribution in [0.25, 0.3) is 0 Å². The Hall–Kier alpha value is -0.910. The maximum Gasteiger partial charge on any atom is 0.302 e. The Morgan fingerprint density at radius 3 is 2.36 bits per heavy atom. The van der Waals surface area contributed by atoms with Crippen LogP contribution in [0.1, 0.15) is 99.8 Å². The predicted octanol–water partition coefficient (Wildman–Crippen LogP) is 5.51. The number of aliphatic hydroxyl groups excluding tert-OH is 2. The normalized spacial score (nSPS) is 47.6.